The van der Waals surface area contributed by atoms with E-state index in [0.29, 0.717) is 13.1 Å². The van der Waals surface area contributed by atoms with Gasteiger partial charge >= 0.3 is 0 Å². The monoisotopic (exact) mass is 266 g/mol. The van der Waals surface area contributed by atoms with E-state index in [0.717, 1.165) is 11.4 Å². The summed E-state index contributed by atoms with van der Waals surface area (Å²) in [6.45, 7) is 7.43. The Labute approximate surface area is 116 Å². The average molecular weight is 266 g/mol. The number of aliphatic hydroxyl groups is 1. The second-order valence-electron chi connectivity index (χ2n) is 5.87. The first-order valence-electron chi connectivity index (χ1n) is 6.60. The van der Waals surface area contributed by atoms with Gasteiger partial charge in [-0.2, -0.15) is 0 Å². The van der Waals surface area contributed by atoms with Crippen LogP contribution < -0.4 is 15.0 Å². The third-order valence-corrected chi connectivity index (χ3v) is 2.85. The number of benzene rings is 1. The number of β-amino-alcohol motifs (C(OH)–C–C–N with tert-alkyl or cyclic N) is 1. The van der Waals surface area contributed by atoms with Crippen LogP contribution >= 0.6 is 0 Å². The molecule has 0 fully saturated rings. The number of ether oxygens (including phenoxy) is 1. The molecule has 0 radical (unpaired) electrons. The molecule has 0 heterocycles. The van der Waals surface area contributed by atoms with Gasteiger partial charge in [0.15, 0.2) is 0 Å². The molecule has 4 nitrogen and oxygen atoms in total. The topological polar surface area (TPSA) is 44.7 Å². The largest absolute Gasteiger partial charge is 0.497 e. The van der Waals surface area contributed by atoms with Gasteiger partial charge in [0, 0.05) is 37.4 Å². The molecule has 0 aliphatic carbocycles. The number of nitrogens with one attached hydrogen (secondary N) is 1. The van der Waals surface area contributed by atoms with Gasteiger partial charge < -0.3 is 20.1 Å². The van der Waals surface area contributed by atoms with E-state index in [9.17, 15) is 5.11 Å². The van der Waals surface area contributed by atoms with E-state index in [-0.39, 0.29) is 5.54 Å². The molecule has 2 N–H and O–H groups in total. The predicted molar refractivity (Wildman–Crippen MR) is 80.0 cm³/mol. The molecule has 0 aliphatic heterocycles. The van der Waals surface area contributed by atoms with Crippen molar-refractivity contribution < 1.29 is 9.84 Å². The molecule has 1 aromatic carbocycles. The molecular formula is C15H26N2O2. The second kappa shape index (κ2) is 6.78. The van der Waals surface area contributed by atoms with Gasteiger partial charge in [-0.25, -0.2) is 0 Å². The third-order valence-electron chi connectivity index (χ3n) is 2.85. The van der Waals surface area contributed by atoms with Gasteiger partial charge in [0.05, 0.1) is 13.2 Å². The minimum absolute atomic E-state index is 0.0233. The Morgan fingerprint density at radius 1 is 1.37 bits per heavy atom. The molecule has 19 heavy (non-hydrogen) atoms. The smallest absolute Gasteiger partial charge is 0.120 e. The van der Waals surface area contributed by atoms with Crippen LogP contribution in [0.3, 0.4) is 0 Å². The molecule has 108 valence electrons. The van der Waals surface area contributed by atoms with Gasteiger partial charge in [0.25, 0.3) is 0 Å². The molecule has 4 heteroatoms. The van der Waals surface area contributed by atoms with Gasteiger partial charge in [-0.05, 0) is 32.9 Å². The highest BCUT2D eigenvalue weighted by atomic mass is 16.5. The van der Waals surface area contributed by atoms with Crippen LogP contribution in [0.15, 0.2) is 24.3 Å². The molecule has 0 saturated heterocycles. The highest BCUT2D eigenvalue weighted by molar-refractivity contribution is 5.50. The zero-order valence-corrected chi connectivity index (χ0v) is 12.6. The molecule has 0 spiro atoms. The van der Waals surface area contributed by atoms with Crippen molar-refractivity contribution in [3.63, 3.8) is 0 Å². The zero-order valence-electron chi connectivity index (χ0n) is 12.6. The summed E-state index contributed by atoms with van der Waals surface area (Å²) in [4.78, 5) is 2.03. The second-order valence-corrected chi connectivity index (χ2v) is 5.87. The number of aliphatic hydroxyl groups excluding tert-OH is 1. The van der Waals surface area contributed by atoms with Crippen LogP contribution in [0.1, 0.15) is 20.8 Å². The molecule has 0 saturated carbocycles. The van der Waals surface area contributed by atoms with Crippen molar-refractivity contribution in [2.24, 2.45) is 0 Å². The number of nitrogens with zero attached hydrogens (tertiary/aromatic N) is 1. The maximum Gasteiger partial charge on any atom is 0.120 e. The van der Waals surface area contributed by atoms with Crippen molar-refractivity contribution in [3.05, 3.63) is 24.3 Å². The Morgan fingerprint density at radius 2 is 2.05 bits per heavy atom. The maximum atomic E-state index is 10.0. The van der Waals surface area contributed by atoms with Gasteiger partial charge in [0.2, 0.25) is 0 Å². The van der Waals surface area contributed by atoms with E-state index >= 15 is 0 Å². The van der Waals surface area contributed by atoms with E-state index in [4.69, 9.17) is 4.74 Å². The van der Waals surface area contributed by atoms with E-state index in [2.05, 4.69) is 26.1 Å². The van der Waals surface area contributed by atoms with Gasteiger partial charge in [0.1, 0.15) is 5.75 Å². The number of rotatable bonds is 6. The first kappa shape index (κ1) is 15.8. The Bertz CT molecular complexity index is 388. The summed E-state index contributed by atoms with van der Waals surface area (Å²) in [6, 6.07) is 7.83. The zero-order chi connectivity index (χ0) is 14.5. The lowest BCUT2D eigenvalue weighted by molar-refractivity contribution is 0.167. The van der Waals surface area contributed by atoms with Crippen LogP contribution in [-0.4, -0.2) is 44.0 Å². The average Bonchev–Trinajstić information content (AvgIpc) is 2.35. The lowest BCUT2D eigenvalue weighted by Crippen LogP contribution is -2.44. The fourth-order valence-corrected chi connectivity index (χ4v) is 1.76. The summed E-state index contributed by atoms with van der Waals surface area (Å²) in [6.07, 6.45) is -0.407. The summed E-state index contributed by atoms with van der Waals surface area (Å²) >= 11 is 0. The summed E-state index contributed by atoms with van der Waals surface area (Å²) in [7, 11) is 3.62. The van der Waals surface area contributed by atoms with Crippen LogP contribution in [0.2, 0.25) is 0 Å². The predicted octanol–water partition coefficient (Wildman–Crippen LogP) is 1.88. The SMILES string of the molecule is COc1cccc(N(C)CC(O)CNC(C)(C)C)c1. The highest BCUT2D eigenvalue weighted by Gasteiger charge is 2.14. The van der Waals surface area contributed by atoms with Crippen molar-refractivity contribution in [2.45, 2.75) is 32.4 Å². The van der Waals surface area contributed by atoms with E-state index in [1.807, 2.05) is 36.2 Å². The van der Waals surface area contributed by atoms with E-state index in [1.54, 1.807) is 7.11 Å². The highest BCUT2D eigenvalue weighted by Crippen LogP contribution is 2.19. The fraction of sp³-hybridized carbons (Fsp3) is 0.600. The molecule has 0 amide bonds. The van der Waals surface area contributed by atoms with Crippen molar-refractivity contribution >= 4 is 5.69 Å². The Kier molecular flexibility index (Phi) is 5.63. The van der Waals surface area contributed by atoms with Crippen molar-refractivity contribution in [1.29, 1.82) is 0 Å². The number of methoxy groups -OCH3 is 1. The fourth-order valence-electron chi connectivity index (χ4n) is 1.76. The van der Waals surface area contributed by atoms with Crippen LogP contribution in [0.4, 0.5) is 5.69 Å². The third kappa shape index (κ3) is 5.94. The molecular weight excluding hydrogens is 240 g/mol. The number of hydrogen-bond donors (Lipinski definition) is 2. The van der Waals surface area contributed by atoms with Crippen LogP contribution in [-0.2, 0) is 0 Å². The standard InChI is InChI=1S/C15H26N2O2/c1-15(2,3)16-10-13(18)11-17(4)12-7-6-8-14(9-12)19-5/h6-9,13,16,18H,10-11H2,1-5H3. The van der Waals surface area contributed by atoms with Crippen LogP contribution in [0.5, 0.6) is 5.75 Å². The number of likely N-dealkylation sites (N-methyl/N-ethyl adjacent to an activating group) is 1. The minimum Gasteiger partial charge on any atom is -0.497 e. The molecule has 1 rings (SSSR count). The molecule has 0 bridgehead atoms. The Morgan fingerprint density at radius 3 is 2.63 bits per heavy atom. The lowest BCUT2D eigenvalue weighted by atomic mass is 10.1. The first-order chi connectivity index (χ1) is 8.81. The quantitative estimate of drug-likeness (QED) is 0.825. The van der Waals surface area contributed by atoms with Gasteiger partial charge in [-0.15, -0.1) is 0 Å². The molecule has 0 aliphatic rings. The Balaban J connectivity index is 2.51. The number of hydrogen-bond acceptors (Lipinski definition) is 4. The van der Waals surface area contributed by atoms with Crippen molar-refractivity contribution in [1.82, 2.24) is 5.32 Å². The van der Waals surface area contributed by atoms with Gasteiger partial charge in [-0.3, -0.25) is 0 Å². The first-order valence-corrected chi connectivity index (χ1v) is 6.60. The van der Waals surface area contributed by atoms with E-state index in [1.165, 1.54) is 0 Å². The molecule has 1 atom stereocenters. The van der Waals surface area contributed by atoms with Crippen LogP contribution in [0.25, 0.3) is 0 Å². The van der Waals surface area contributed by atoms with Gasteiger partial charge in [-0.1, -0.05) is 6.07 Å². The number of anilines is 1. The summed E-state index contributed by atoms with van der Waals surface area (Å²) in [5, 5.41) is 13.3. The van der Waals surface area contributed by atoms with E-state index < -0.39 is 6.10 Å². The van der Waals surface area contributed by atoms with Crippen molar-refractivity contribution in [2.75, 3.05) is 32.1 Å². The summed E-state index contributed by atoms with van der Waals surface area (Å²) in [5.41, 5.74) is 1.06. The molecule has 0 aromatic heterocycles. The maximum absolute atomic E-state index is 10.0. The minimum atomic E-state index is -0.407. The van der Waals surface area contributed by atoms with Crippen LogP contribution in [0, 0.1) is 0 Å². The summed E-state index contributed by atoms with van der Waals surface area (Å²) in [5.74, 6) is 0.826. The summed E-state index contributed by atoms with van der Waals surface area (Å²) < 4.78 is 5.20. The van der Waals surface area contributed by atoms with Crippen molar-refractivity contribution in [3.8, 4) is 5.75 Å². The molecule has 1 unspecified atom stereocenters. The Hall–Kier alpha value is -1.26. The lowest BCUT2D eigenvalue weighted by Gasteiger charge is -2.26. The normalized spacial score (nSPS) is 13.2. The molecule has 1 aromatic rings.